The second kappa shape index (κ2) is 5.66. The Hall–Kier alpha value is -1.58. The number of aromatic hydroxyl groups is 1. The fraction of sp³-hybridized carbons (Fsp3) is 0.462. The molecule has 0 fully saturated rings. The lowest BCUT2D eigenvalue weighted by molar-refractivity contribution is 0.0941. The maximum absolute atomic E-state index is 12.9. The normalized spacial score (nSPS) is 12.5. The first-order valence-electron chi connectivity index (χ1n) is 5.68. The molecule has 2 N–H and O–H groups in total. The smallest absolute Gasteiger partial charge is 0.255 e. The molecule has 1 amide bonds. The molecule has 0 aromatic heterocycles. The van der Waals surface area contributed by atoms with Crippen LogP contribution in [0.3, 0.4) is 0 Å². The summed E-state index contributed by atoms with van der Waals surface area (Å²) in [6, 6.07) is 3.32. The van der Waals surface area contributed by atoms with E-state index in [1.165, 1.54) is 6.07 Å². The third-order valence-electron chi connectivity index (χ3n) is 2.93. The highest BCUT2D eigenvalue weighted by atomic mass is 19.1. The van der Waals surface area contributed by atoms with Crippen molar-refractivity contribution < 1.29 is 14.3 Å². The molecule has 0 radical (unpaired) electrons. The molecule has 0 bridgehead atoms. The van der Waals surface area contributed by atoms with E-state index >= 15 is 0 Å². The van der Waals surface area contributed by atoms with Crippen molar-refractivity contribution in [3.8, 4) is 5.75 Å². The van der Waals surface area contributed by atoms with Crippen LogP contribution in [0, 0.1) is 17.7 Å². The zero-order valence-electron chi connectivity index (χ0n) is 10.3. The number of benzene rings is 1. The van der Waals surface area contributed by atoms with Crippen LogP contribution in [0.4, 0.5) is 4.39 Å². The molecule has 1 aromatic rings. The summed E-state index contributed by atoms with van der Waals surface area (Å²) in [5.41, 5.74) is -0.0269. The van der Waals surface area contributed by atoms with E-state index in [2.05, 4.69) is 19.2 Å². The summed E-state index contributed by atoms with van der Waals surface area (Å²) in [5, 5.41) is 12.1. The number of hydrogen-bond acceptors (Lipinski definition) is 2. The molecule has 94 valence electrons. The molecule has 0 heterocycles. The van der Waals surface area contributed by atoms with E-state index in [0.717, 1.165) is 12.1 Å². The first-order chi connectivity index (χ1) is 7.91. The average molecular weight is 239 g/mol. The lowest BCUT2D eigenvalue weighted by atomic mass is 9.98. The predicted molar refractivity (Wildman–Crippen MR) is 64.4 cm³/mol. The molecular weight excluding hydrogens is 221 g/mol. The summed E-state index contributed by atoms with van der Waals surface area (Å²) in [4.78, 5) is 11.7. The summed E-state index contributed by atoms with van der Waals surface area (Å²) >= 11 is 0. The highest BCUT2D eigenvalue weighted by Crippen LogP contribution is 2.17. The molecule has 3 nitrogen and oxygen atoms in total. The van der Waals surface area contributed by atoms with E-state index in [4.69, 9.17) is 0 Å². The SMILES string of the molecule is CC(C)C(C)CNC(=O)c1cc(F)ccc1O. The van der Waals surface area contributed by atoms with Gasteiger partial charge in [-0.15, -0.1) is 0 Å². The maximum atomic E-state index is 12.9. The molecule has 4 heteroatoms. The molecule has 1 atom stereocenters. The number of amides is 1. The van der Waals surface area contributed by atoms with Crippen molar-refractivity contribution in [1.29, 1.82) is 0 Å². The summed E-state index contributed by atoms with van der Waals surface area (Å²) < 4.78 is 12.9. The lowest BCUT2D eigenvalue weighted by Crippen LogP contribution is -2.30. The number of phenolic OH excluding ortho intramolecular Hbond substituents is 1. The molecule has 0 aliphatic carbocycles. The zero-order valence-corrected chi connectivity index (χ0v) is 10.3. The topological polar surface area (TPSA) is 49.3 Å². The van der Waals surface area contributed by atoms with Crippen molar-refractivity contribution in [3.63, 3.8) is 0 Å². The van der Waals surface area contributed by atoms with Crippen LogP contribution in [0.15, 0.2) is 18.2 Å². The Balaban J connectivity index is 2.67. The molecule has 1 rings (SSSR count). The highest BCUT2D eigenvalue weighted by molar-refractivity contribution is 5.96. The first-order valence-corrected chi connectivity index (χ1v) is 5.68. The Bertz CT molecular complexity index is 404. The fourth-order valence-electron chi connectivity index (χ4n) is 1.27. The van der Waals surface area contributed by atoms with Gasteiger partial charge in [0.25, 0.3) is 5.91 Å². The highest BCUT2D eigenvalue weighted by Gasteiger charge is 2.14. The largest absolute Gasteiger partial charge is 0.507 e. The van der Waals surface area contributed by atoms with E-state index in [1.54, 1.807) is 0 Å². The van der Waals surface area contributed by atoms with Gasteiger partial charge < -0.3 is 10.4 Å². The molecule has 0 saturated carbocycles. The third-order valence-corrected chi connectivity index (χ3v) is 2.93. The van der Waals surface area contributed by atoms with Crippen LogP contribution in [0.2, 0.25) is 0 Å². The minimum Gasteiger partial charge on any atom is -0.507 e. The van der Waals surface area contributed by atoms with Gasteiger partial charge in [-0.1, -0.05) is 20.8 Å². The maximum Gasteiger partial charge on any atom is 0.255 e. The van der Waals surface area contributed by atoms with E-state index in [9.17, 15) is 14.3 Å². The van der Waals surface area contributed by atoms with Gasteiger partial charge in [0.05, 0.1) is 5.56 Å². The fourth-order valence-corrected chi connectivity index (χ4v) is 1.27. The Labute approximate surface area is 101 Å². The lowest BCUT2D eigenvalue weighted by Gasteiger charge is -2.16. The van der Waals surface area contributed by atoms with Crippen LogP contribution < -0.4 is 5.32 Å². The van der Waals surface area contributed by atoms with Gasteiger partial charge in [-0.3, -0.25) is 4.79 Å². The van der Waals surface area contributed by atoms with Crippen molar-refractivity contribution in [2.75, 3.05) is 6.54 Å². The van der Waals surface area contributed by atoms with E-state index in [0.29, 0.717) is 18.4 Å². The Kier molecular flexibility index (Phi) is 4.49. The number of halogens is 1. The van der Waals surface area contributed by atoms with Gasteiger partial charge in [0.1, 0.15) is 11.6 Å². The zero-order chi connectivity index (χ0) is 13.0. The van der Waals surface area contributed by atoms with Crippen LogP contribution in [0.25, 0.3) is 0 Å². The monoisotopic (exact) mass is 239 g/mol. The minimum atomic E-state index is -0.537. The van der Waals surface area contributed by atoms with Crippen molar-refractivity contribution >= 4 is 5.91 Å². The molecule has 1 unspecified atom stereocenters. The quantitative estimate of drug-likeness (QED) is 0.848. The summed E-state index contributed by atoms with van der Waals surface area (Å²) in [7, 11) is 0. The number of carbonyl (C=O) groups excluding carboxylic acids is 1. The first kappa shape index (κ1) is 13.5. The average Bonchev–Trinajstić information content (AvgIpc) is 2.28. The Morgan fingerprint density at radius 3 is 2.65 bits per heavy atom. The number of rotatable bonds is 4. The van der Waals surface area contributed by atoms with Gasteiger partial charge in [0, 0.05) is 6.54 Å². The molecule has 0 spiro atoms. The number of hydrogen-bond donors (Lipinski definition) is 2. The minimum absolute atomic E-state index is 0.0269. The van der Waals surface area contributed by atoms with Crippen LogP contribution in [-0.4, -0.2) is 17.6 Å². The summed E-state index contributed by atoms with van der Waals surface area (Å²) in [6.07, 6.45) is 0. The summed E-state index contributed by atoms with van der Waals surface area (Å²) in [5.74, 6) is -0.411. The van der Waals surface area contributed by atoms with E-state index in [1.807, 2.05) is 6.92 Å². The standard InChI is InChI=1S/C13H18FNO2/c1-8(2)9(3)7-15-13(17)11-6-10(14)4-5-12(11)16/h4-6,8-9,16H,7H2,1-3H3,(H,15,17). The van der Waals surface area contributed by atoms with Crippen LogP contribution in [-0.2, 0) is 0 Å². The number of carbonyl (C=O) groups is 1. The third kappa shape index (κ3) is 3.73. The number of phenols is 1. The van der Waals surface area contributed by atoms with Crippen molar-refractivity contribution in [2.24, 2.45) is 11.8 Å². The Morgan fingerprint density at radius 1 is 1.41 bits per heavy atom. The molecule has 0 aliphatic rings. The van der Waals surface area contributed by atoms with Crippen molar-refractivity contribution in [2.45, 2.75) is 20.8 Å². The predicted octanol–water partition coefficient (Wildman–Crippen LogP) is 2.55. The van der Waals surface area contributed by atoms with E-state index in [-0.39, 0.29) is 11.3 Å². The van der Waals surface area contributed by atoms with Crippen LogP contribution in [0.1, 0.15) is 31.1 Å². The van der Waals surface area contributed by atoms with Gasteiger partial charge in [0.2, 0.25) is 0 Å². The van der Waals surface area contributed by atoms with Crippen molar-refractivity contribution in [3.05, 3.63) is 29.6 Å². The van der Waals surface area contributed by atoms with Gasteiger partial charge in [0.15, 0.2) is 0 Å². The molecule has 0 aliphatic heterocycles. The molecule has 1 aromatic carbocycles. The second-order valence-corrected chi connectivity index (χ2v) is 4.59. The summed E-state index contributed by atoms with van der Waals surface area (Å²) in [6.45, 7) is 6.66. The number of nitrogens with one attached hydrogen (secondary N) is 1. The van der Waals surface area contributed by atoms with Gasteiger partial charge in [-0.2, -0.15) is 0 Å². The molecule has 0 saturated heterocycles. The molecule has 17 heavy (non-hydrogen) atoms. The second-order valence-electron chi connectivity index (χ2n) is 4.59. The van der Waals surface area contributed by atoms with Crippen LogP contribution >= 0.6 is 0 Å². The van der Waals surface area contributed by atoms with Gasteiger partial charge >= 0.3 is 0 Å². The Morgan fingerprint density at radius 2 is 2.06 bits per heavy atom. The van der Waals surface area contributed by atoms with Gasteiger partial charge in [-0.05, 0) is 30.0 Å². The van der Waals surface area contributed by atoms with Gasteiger partial charge in [-0.25, -0.2) is 4.39 Å². The van der Waals surface area contributed by atoms with Crippen LogP contribution in [0.5, 0.6) is 5.75 Å². The molecular formula is C13H18FNO2. The van der Waals surface area contributed by atoms with E-state index < -0.39 is 11.7 Å². The van der Waals surface area contributed by atoms with Crippen molar-refractivity contribution in [1.82, 2.24) is 5.32 Å².